The molecule has 2 aromatic carbocycles. The molecule has 2 aliphatic rings. The average Bonchev–Trinajstić information content (AvgIpc) is 2.74. The van der Waals surface area contributed by atoms with Crippen LogP contribution in [0.2, 0.25) is 0 Å². The highest BCUT2D eigenvalue weighted by Crippen LogP contribution is 2.32. The van der Waals surface area contributed by atoms with Crippen molar-refractivity contribution in [3.05, 3.63) is 63.6 Å². The Hall–Kier alpha value is -1.62. The molecule has 0 N–H and O–H groups in total. The molecule has 2 fully saturated rings. The van der Waals surface area contributed by atoms with Crippen molar-refractivity contribution in [3.8, 4) is 5.75 Å². The van der Waals surface area contributed by atoms with Crippen molar-refractivity contribution in [3.63, 3.8) is 0 Å². The maximum Gasteiger partial charge on any atom is 0.199 e. The number of benzene rings is 2. The van der Waals surface area contributed by atoms with Gasteiger partial charge >= 0.3 is 0 Å². The summed E-state index contributed by atoms with van der Waals surface area (Å²) in [5, 5.41) is 0. The van der Waals surface area contributed by atoms with Crippen LogP contribution in [0.5, 0.6) is 5.75 Å². The van der Waals surface area contributed by atoms with E-state index in [-0.39, 0.29) is 12.4 Å². The van der Waals surface area contributed by atoms with Crippen LogP contribution in [0.25, 0.3) is 12.2 Å². The fourth-order valence-corrected chi connectivity index (χ4v) is 4.09. The zero-order valence-corrected chi connectivity index (χ0v) is 17.6. The van der Waals surface area contributed by atoms with E-state index in [1.807, 2.05) is 18.2 Å². The van der Waals surface area contributed by atoms with Crippen molar-refractivity contribution < 1.29 is 14.2 Å². The summed E-state index contributed by atoms with van der Waals surface area (Å²) in [4.78, 5) is 0. The first-order valence-electron chi connectivity index (χ1n) is 10.2. The van der Waals surface area contributed by atoms with E-state index < -0.39 is 0 Å². The second kappa shape index (κ2) is 9.73. The highest BCUT2D eigenvalue weighted by Gasteiger charge is 2.19. The molecule has 0 spiro atoms. The van der Waals surface area contributed by atoms with Gasteiger partial charge in [-0.2, -0.15) is 0 Å². The second-order valence-corrected chi connectivity index (χ2v) is 8.22. The summed E-state index contributed by atoms with van der Waals surface area (Å²) in [6, 6.07) is 15.6. The molecule has 0 saturated carbocycles. The van der Waals surface area contributed by atoms with Crippen LogP contribution in [0, 0.1) is 6.07 Å². The Labute approximate surface area is 175 Å². The van der Waals surface area contributed by atoms with Crippen LogP contribution in [0.4, 0.5) is 0 Å². The third-order valence-corrected chi connectivity index (χ3v) is 5.88. The molecular weight excluding hydrogens is 416 g/mol. The van der Waals surface area contributed by atoms with E-state index in [9.17, 15) is 0 Å². The van der Waals surface area contributed by atoms with Gasteiger partial charge in [-0.05, 0) is 79.1 Å². The summed E-state index contributed by atoms with van der Waals surface area (Å²) in [5.74, 6) is 0.856. The van der Waals surface area contributed by atoms with Gasteiger partial charge in [0.2, 0.25) is 0 Å². The predicted octanol–water partition coefficient (Wildman–Crippen LogP) is 6.57. The van der Waals surface area contributed by atoms with E-state index in [1.165, 1.54) is 12.0 Å². The summed E-state index contributed by atoms with van der Waals surface area (Å²) in [6.45, 7) is 1.61. The van der Waals surface area contributed by atoms with Gasteiger partial charge in [0.25, 0.3) is 0 Å². The van der Waals surface area contributed by atoms with Crippen LogP contribution < -0.4 is 4.74 Å². The summed E-state index contributed by atoms with van der Waals surface area (Å²) in [6.07, 6.45) is 10.8. The van der Waals surface area contributed by atoms with Gasteiger partial charge in [-0.3, -0.25) is 0 Å². The Balaban J connectivity index is 1.59. The summed E-state index contributed by atoms with van der Waals surface area (Å²) in [7, 11) is 0. The van der Waals surface area contributed by atoms with E-state index >= 15 is 0 Å². The highest BCUT2D eigenvalue weighted by molar-refractivity contribution is 9.10. The number of hydrogen-bond acceptors (Lipinski definition) is 3. The molecule has 2 atom stereocenters. The van der Waals surface area contributed by atoms with E-state index in [4.69, 9.17) is 14.2 Å². The third-order valence-electron chi connectivity index (χ3n) is 5.19. The standard InChI is InChI=1S/C24H26BrO3/c25-22-8-2-1-7-19(22)12-11-18-15-20(23-9-3-5-13-26-23)17-21(16-18)28-24-10-4-6-14-27-24/h1-2,8,11-12,15-17,23-24H,3-6,9-10,13-14H2. The maximum absolute atomic E-state index is 6.17. The molecular formula is C24H26BrO3. The lowest BCUT2D eigenvalue weighted by Gasteiger charge is -2.26. The lowest BCUT2D eigenvalue weighted by Crippen LogP contribution is -2.25. The number of hydrogen-bond donors (Lipinski definition) is 0. The largest absolute Gasteiger partial charge is 0.465 e. The molecule has 0 aliphatic carbocycles. The first-order chi connectivity index (χ1) is 13.8. The quantitative estimate of drug-likeness (QED) is 0.491. The Morgan fingerprint density at radius 1 is 1.00 bits per heavy atom. The van der Waals surface area contributed by atoms with E-state index in [2.05, 4.69) is 52.3 Å². The molecule has 1 radical (unpaired) electrons. The Kier molecular flexibility index (Phi) is 6.84. The van der Waals surface area contributed by atoms with Crippen LogP contribution in [-0.4, -0.2) is 19.5 Å². The van der Waals surface area contributed by atoms with Crippen LogP contribution >= 0.6 is 15.9 Å². The van der Waals surface area contributed by atoms with Crippen molar-refractivity contribution >= 4 is 28.1 Å². The molecule has 0 aromatic heterocycles. The molecule has 2 heterocycles. The SMILES string of the molecule is Brc1ccc[c]c1C=Cc1cc(OC2CCCCO2)cc(C2CCCCO2)c1. The average molecular weight is 442 g/mol. The lowest BCUT2D eigenvalue weighted by atomic mass is 9.98. The number of ether oxygens (including phenoxy) is 3. The highest BCUT2D eigenvalue weighted by atomic mass is 79.9. The minimum Gasteiger partial charge on any atom is -0.465 e. The van der Waals surface area contributed by atoms with Gasteiger partial charge in [0.05, 0.1) is 12.7 Å². The minimum absolute atomic E-state index is 0.145. The first-order valence-corrected chi connectivity index (χ1v) is 11.0. The number of rotatable bonds is 5. The van der Waals surface area contributed by atoms with E-state index in [0.717, 1.165) is 66.7 Å². The van der Waals surface area contributed by atoms with E-state index in [0.29, 0.717) is 0 Å². The fraction of sp³-hybridized carbons (Fsp3) is 0.417. The van der Waals surface area contributed by atoms with Gasteiger partial charge < -0.3 is 14.2 Å². The van der Waals surface area contributed by atoms with Gasteiger partial charge in [0.1, 0.15) is 5.75 Å². The second-order valence-electron chi connectivity index (χ2n) is 7.37. The van der Waals surface area contributed by atoms with Crippen molar-refractivity contribution in [1.29, 1.82) is 0 Å². The Bertz CT molecular complexity index is 805. The molecule has 0 bridgehead atoms. The summed E-state index contributed by atoms with van der Waals surface area (Å²) < 4.78 is 19.0. The molecule has 2 saturated heterocycles. The first kappa shape index (κ1) is 19.7. The van der Waals surface area contributed by atoms with Crippen molar-refractivity contribution in [2.75, 3.05) is 13.2 Å². The smallest absolute Gasteiger partial charge is 0.199 e. The topological polar surface area (TPSA) is 27.7 Å². The molecule has 2 aromatic rings. The van der Waals surface area contributed by atoms with Gasteiger partial charge in [-0.25, -0.2) is 0 Å². The molecule has 4 rings (SSSR count). The van der Waals surface area contributed by atoms with Crippen molar-refractivity contribution in [2.45, 2.75) is 50.9 Å². The molecule has 2 unspecified atom stereocenters. The summed E-state index contributed by atoms with van der Waals surface area (Å²) >= 11 is 3.58. The number of halogens is 1. The van der Waals surface area contributed by atoms with Crippen LogP contribution in [0.1, 0.15) is 61.3 Å². The molecule has 3 nitrogen and oxygen atoms in total. The predicted molar refractivity (Wildman–Crippen MR) is 115 cm³/mol. The monoisotopic (exact) mass is 441 g/mol. The molecule has 2 aliphatic heterocycles. The zero-order valence-electron chi connectivity index (χ0n) is 16.0. The molecule has 147 valence electrons. The molecule has 0 amide bonds. The van der Waals surface area contributed by atoms with Crippen molar-refractivity contribution in [1.82, 2.24) is 0 Å². The van der Waals surface area contributed by atoms with Crippen LogP contribution in [-0.2, 0) is 9.47 Å². The Morgan fingerprint density at radius 2 is 1.86 bits per heavy atom. The lowest BCUT2D eigenvalue weighted by molar-refractivity contribution is -0.106. The van der Waals surface area contributed by atoms with Gasteiger partial charge in [-0.15, -0.1) is 0 Å². The Morgan fingerprint density at radius 3 is 2.61 bits per heavy atom. The third kappa shape index (κ3) is 5.25. The van der Waals surface area contributed by atoms with Gasteiger partial charge in [-0.1, -0.05) is 40.2 Å². The fourth-order valence-electron chi connectivity index (χ4n) is 3.69. The minimum atomic E-state index is -0.148. The van der Waals surface area contributed by atoms with Crippen LogP contribution in [0.3, 0.4) is 0 Å². The zero-order chi connectivity index (χ0) is 19.2. The van der Waals surface area contributed by atoms with Gasteiger partial charge in [0, 0.05) is 17.5 Å². The van der Waals surface area contributed by atoms with E-state index in [1.54, 1.807) is 0 Å². The van der Waals surface area contributed by atoms with Crippen molar-refractivity contribution in [2.24, 2.45) is 0 Å². The summed E-state index contributed by atoms with van der Waals surface area (Å²) in [5.41, 5.74) is 3.31. The molecule has 4 heteroatoms. The van der Waals surface area contributed by atoms with Gasteiger partial charge in [0.15, 0.2) is 6.29 Å². The van der Waals surface area contributed by atoms with Crippen LogP contribution in [0.15, 0.2) is 40.9 Å². The molecule has 28 heavy (non-hydrogen) atoms. The normalized spacial score (nSPS) is 23.0. The maximum atomic E-state index is 6.17.